The summed E-state index contributed by atoms with van der Waals surface area (Å²) >= 11 is 0. The van der Waals surface area contributed by atoms with Crippen LogP contribution >= 0.6 is 0 Å². The molecule has 1 saturated heterocycles. The van der Waals surface area contributed by atoms with Gasteiger partial charge in [-0.2, -0.15) is 0 Å². The zero-order valence-electron chi connectivity index (χ0n) is 10.4. The number of piperidine rings is 1. The first kappa shape index (κ1) is 13.5. The predicted octanol–water partition coefficient (Wildman–Crippen LogP) is 1.14. The second kappa shape index (κ2) is 6.86. The number of likely N-dealkylation sites (tertiary alicyclic amines) is 1. The Labute approximate surface area is 98.1 Å². The van der Waals surface area contributed by atoms with Gasteiger partial charge >= 0.3 is 0 Å². The normalized spacial score (nSPS) is 23.2. The van der Waals surface area contributed by atoms with Crippen molar-refractivity contribution in [2.24, 2.45) is 5.73 Å². The molecule has 0 aromatic carbocycles. The Morgan fingerprint density at radius 1 is 1.56 bits per heavy atom. The molecule has 2 atom stereocenters. The van der Waals surface area contributed by atoms with E-state index in [4.69, 9.17) is 10.5 Å². The molecule has 1 heterocycles. The van der Waals surface area contributed by atoms with Crippen molar-refractivity contribution in [2.75, 3.05) is 19.7 Å². The van der Waals surface area contributed by atoms with Gasteiger partial charge in [0.2, 0.25) is 5.91 Å². The van der Waals surface area contributed by atoms with Gasteiger partial charge in [0, 0.05) is 19.7 Å². The average molecular weight is 228 g/mol. The highest BCUT2D eigenvalue weighted by atomic mass is 16.5. The van der Waals surface area contributed by atoms with Crippen molar-refractivity contribution in [2.45, 2.75) is 51.7 Å². The molecule has 94 valence electrons. The van der Waals surface area contributed by atoms with Crippen LogP contribution < -0.4 is 5.73 Å². The topological polar surface area (TPSA) is 55.6 Å². The summed E-state index contributed by atoms with van der Waals surface area (Å²) in [5.74, 6) is 0.0762. The van der Waals surface area contributed by atoms with Gasteiger partial charge in [-0.15, -0.1) is 0 Å². The fourth-order valence-electron chi connectivity index (χ4n) is 1.97. The first-order valence-corrected chi connectivity index (χ1v) is 6.35. The number of carbonyl (C=O) groups excluding carboxylic acids is 1. The lowest BCUT2D eigenvalue weighted by molar-refractivity contribution is -0.136. The van der Waals surface area contributed by atoms with E-state index < -0.39 is 0 Å². The van der Waals surface area contributed by atoms with Crippen molar-refractivity contribution < 1.29 is 9.53 Å². The minimum Gasteiger partial charge on any atom is -0.376 e. The van der Waals surface area contributed by atoms with Crippen molar-refractivity contribution in [1.29, 1.82) is 0 Å². The van der Waals surface area contributed by atoms with E-state index in [9.17, 15) is 4.79 Å². The van der Waals surface area contributed by atoms with Gasteiger partial charge < -0.3 is 15.4 Å². The van der Waals surface area contributed by atoms with Gasteiger partial charge in [-0.05, 0) is 25.7 Å². The summed E-state index contributed by atoms with van der Waals surface area (Å²) in [5, 5.41) is 0. The van der Waals surface area contributed by atoms with E-state index in [0.29, 0.717) is 13.0 Å². The molecule has 0 radical (unpaired) electrons. The maximum Gasteiger partial charge on any atom is 0.239 e. The molecule has 1 amide bonds. The van der Waals surface area contributed by atoms with Crippen LogP contribution in [0.1, 0.15) is 39.5 Å². The van der Waals surface area contributed by atoms with Crippen molar-refractivity contribution >= 4 is 5.91 Å². The van der Waals surface area contributed by atoms with Crippen molar-refractivity contribution in [3.63, 3.8) is 0 Å². The zero-order valence-corrected chi connectivity index (χ0v) is 10.4. The standard InChI is InChI=1S/C12H24N2O2/c1-3-8-16-10-6-5-7-14(9-10)12(15)11(13)4-2/h10-11H,3-9,13H2,1-2H3. The lowest BCUT2D eigenvalue weighted by Crippen LogP contribution is -2.49. The highest BCUT2D eigenvalue weighted by Crippen LogP contribution is 2.14. The van der Waals surface area contributed by atoms with E-state index in [1.807, 2.05) is 11.8 Å². The smallest absolute Gasteiger partial charge is 0.239 e. The quantitative estimate of drug-likeness (QED) is 0.767. The maximum absolute atomic E-state index is 11.9. The Balaban J connectivity index is 2.40. The van der Waals surface area contributed by atoms with E-state index in [-0.39, 0.29) is 18.1 Å². The molecule has 2 unspecified atom stereocenters. The predicted molar refractivity (Wildman–Crippen MR) is 64.1 cm³/mol. The lowest BCUT2D eigenvalue weighted by Gasteiger charge is -2.34. The Morgan fingerprint density at radius 2 is 2.31 bits per heavy atom. The minimum absolute atomic E-state index is 0.0762. The molecule has 4 nitrogen and oxygen atoms in total. The molecule has 1 fully saturated rings. The Hall–Kier alpha value is -0.610. The molecule has 2 N–H and O–H groups in total. The van der Waals surface area contributed by atoms with Crippen LogP contribution in [0.15, 0.2) is 0 Å². The van der Waals surface area contributed by atoms with Crippen LogP contribution in [-0.4, -0.2) is 42.6 Å². The molecule has 4 heteroatoms. The van der Waals surface area contributed by atoms with Gasteiger partial charge in [0.1, 0.15) is 0 Å². The van der Waals surface area contributed by atoms with Crippen LogP contribution in [0.4, 0.5) is 0 Å². The first-order valence-electron chi connectivity index (χ1n) is 6.35. The van der Waals surface area contributed by atoms with Crippen molar-refractivity contribution in [1.82, 2.24) is 4.90 Å². The van der Waals surface area contributed by atoms with E-state index in [0.717, 1.165) is 32.4 Å². The number of carbonyl (C=O) groups is 1. The summed E-state index contributed by atoms with van der Waals surface area (Å²) < 4.78 is 5.69. The molecular formula is C12H24N2O2. The number of ether oxygens (including phenoxy) is 1. The third-order valence-corrected chi connectivity index (χ3v) is 3.00. The summed E-state index contributed by atoms with van der Waals surface area (Å²) in [5.41, 5.74) is 5.76. The van der Waals surface area contributed by atoms with Crippen LogP contribution in [-0.2, 0) is 9.53 Å². The largest absolute Gasteiger partial charge is 0.376 e. The maximum atomic E-state index is 11.9. The average Bonchev–Trinajstić information content (AvgIpc) is 2.34. The molecule has 0 aromatic heterocycles. The molecule has 1 aliphatic rings. The minimum atomic E-state index is -0.343. The molecule has 0 aromatic rings. The Morgan fingerprint density at radius 3 is 2.94 bits per heavy atom. The molecule has 0 spiro atoms. The number of amides is 1. The third-order valence-electron chi connectivity index (χ3n) is 3.00. The third kappa shape index (κ3) is 3.76. The van der Waals surface area contributed by atoms with E-state index in [1.54, 1.807) is 0 Å². The van der Waals surface area contributed by atoms with E-state index in [1.165, 1.54) is 0 Å². The van der Waals surface area contributed by atoms with Crippen molar-refractivity contribution in [3.05, 3.63) is 0 Å². The number of nitrogens with two attached hydrogens (primary N) is 1. The summed E-state index contributed by atoms with van der Waals surface area (Å²) in [7, 11) is 0. The van der Waals surface area contributed by atoms with Gasteiger partial charge in [0.05, 0.1) is 12.1 Å². The van der Waals surface area contributed by atoms with Crippen LogP contribution in [0.3, 0.4) is 0 Å². The monoisotopic (exact) mass is 228 g/mol. The highest BCUT2D eigenvalue weighted by molar-refractivity contribution is 5.81. The Kier molecular flexibility index (Phi) is 5.77. The summed E-state index contributed by atoms with van der Waals surface area (Å²) in [6.45, 7) is 6.37. The van der Waals surface area contributed by atoms with E-state index >= 15 is 0 Å². The van der Waals surface area contributed by atoms with Gasteiger partial charge in [-0.3, -0.25) is 4.79 Å². The molecule has 1 rings (SSSR count). The molecule has 16 heavy (non-hydrogen) atoms. The van der Waals surface area contributed by atoms with Gasteiger partial charge in [-0.1, -0.05) is 13.8 Å². The Bertz CT molecular complexity index is 221. The van der Waals surface area contributed by atoms with Crippen molar-refractivity contribution in [3.8, 4) is 0 Å². The second-order valence-corrected chi connectivity index (χ2v) is 4.43. The number of hydrogen-bond acceptors (Lipinski definition) is 3. The van der Waals surface area contributed by atoms with E-state index in [2.05, 4.69) is 6.92 Å². The van der Waals surface area contributed by atoms with Crippen LogP contribution in [0, 0.1) is 0 Å². The van der Waals surface area contributed by atoms with Gasteiger partial charge in [-0.25, -0.2) is 0 Å². The fourth-order valence-corrected chi connectivity index (χ4v) is 1.97. The molecule has 0 bridgehead atoms. The fraction of sp³-hybridized carbons (Fsp3) is 0.917. The number of rotatable bonds is 5. The molecule has 0 saturated carbocycles. The summed E-state index contributed by atoms with van der Waals surface area (Å²) in [4.78, 5) is 13.8. The second-order valence-electron chi connectivity index (χ2n) is 4.43. The first-order chi connectivity index (χ1) is 7.69. The van der Waals surface area contributed by atoms with Crippen LogP contribution in [0.5, 0.6) is 0 Å². The molecule has 0 aliphatic carbocycles. The molecule has 1 aliphatic heterocycles. The van der Waals surface area contributed by atoms with Gasteiger partial charge in [0.15, 0.2) is 0 Å². The van der Waals surface area contributed by atoms with Crippen LogP contribution in [0.2, 0.25) is 0 Å². The van der Waals surface area contributed by atoms with Gasteiger partial charge in [0.25, 0.3) is 0 Å². The number of hydrogen-bond donors (Lipinski definition) is 1. The van der Waals surface area contributed by atoms with Crippen LogP contribution in [0.25, 0.3) is 0 Å². The highest BCUT2D eigenvalue weighted by Gasteiger charge is 2.26. The zero-order chi connectivity index (χ0) is 12.0. The summed E-state index contributed by atoms with van der Waals surface area (Å²) in [6.07, 6.45) is 4.03. The SMILES string of the molecule is CCCOC1CCCN(C(=O)C(N)CC)C1. The lowest BCUT2D eigenvalue weighted by atomic mass is 10.1. The molecular weight excluding hydrogens is 204 g/mol. The summed E-state index contributed by atoms with van der Waals surface area (Å²) in [6, 6.07) is -0.343. The number of nitrogens with zero attached hydrogens (tertiary/aromatic N) is 1.